The first-order valence-electron chi connectivity index (χ1n) is 13.9. The fraction of sp³-hybridized carbons (Fsp3) is 0.433. The average Bonchev–Trinajstić information content (AvgIpc) is 3.16. The van der Waals surface area contributed by atoms with Gasteiger partial charge in [0.15, 0.2) is 0 Å². The monoisotopic (exact) mass is 549 g/mol. The normalized spacial score (nSPS) is 19.0. The molecule has 0 unspecified atom stereocenters. The molecule has 0 spiro atoms. The van der Waals surface area contributed by atoms with Crippen molar-refractivity contribution in [2.75, 3.05) is 38.0 Å². The first-order valence-corrected chi connectivity index (χ1v) is 14.2. The van der Waals surface area contributed by atoms with Gasteiger partial charge in [0.1, 0.15) is 16.9 Å². The molecule has 2 aromatic carbocycles. The molecule has 0 radical (unpaired) electrons. The SMILES string of the molecule is C=CC(=O)N1CCCC[C@@H](n2c(NC(=O)c3ccccc3)nc3ccc(OC4CCN(CC)CC4)c(Cl)c32)C1. The number of amides is 2. The van der Waals surface area contributed by atoms with Gasteiger partial charge in [0.25, 0.3) is 5.91 Å². The Hall–Kier alpha value is -3.36. The third-order valence-electron chi connectivity index (χ3n) is 7.79. The van der Waals surface area contributed by atoms with E-state index in [-0.39, 0.29) is 24.0 Å². The summed E-state index contributed by atoms with van der Waals surface area (Å²) >= 11 is 7.07. The number of fused-ring (bicyclic) bond motifs is 1. The van der Waals surface area contributed by atoms with Crippen LogP contribution in [0.2, 0.25) is 5.02 Å². The number of carbonyl (C=O) groups is 2. The molecule has 2 fully saturated rings. The van der Waals surface area contributed by atoms with Crippen molar-refractivity contribution in [3.05, 3.63) is 65.7 Å². The number of ether oxygens (including phenoxy) is 1. The summed E-state index contributed by atoms with van der Waals surface area (Å²) in [5.41, 5.74) is 1.91. The Morgan fingerprint density at radius 2 is 1.87 bits per heavy atom. The highest BCUT2D eigenvalue weighted by Gasteiger charge is 2.29. The Morgan fingerprint density at radius 1 is 1.10 bits per heavy atom. The molecule has 1 atom stereocenters. The maximum Gasteiger partial charge on any atom is 0.257 e. The second kappa shape index (κ2) is 12.2. The van der Waals surface area contributed by atoms with Gasteiger partial charge in [-0.2, -0.15) is 0 Å². The van der Waals surface area contributed by atoms with Crippen molar-refractivity contribution in [2.24, 2.45) is 0 Å². The summed E-state index contributed by atoms with van der Waals surface area (Å²) in [6.07, 6.45) is 5.98. The Labute approximate surface area is 234 Å². The van der Waals surface area contributed by atoms with Gasteiger partial charge >= 0.3 is 0 Å². The molecule has 0 saturated carbocycles. The highest BCUT2D eigenvalue weighted by Crippen LogP contribution is 2.39. The van der Waals surface area contributed by atoms with Crippen LogP contribution in [-0.4, -0.2) is 70.0 Å². The molecule has 8 nitrogen and oxygen atoms in total. The molecule has 9 heteroatoms. The lowest BCUT2D eigenvalue weighted by molar-refractivity contribution is -0.126. The molecule has 2 aliphatic heterocycles. The zero-order chi connectivity index (χ0) is 27.4. The largest absolute Gasteiger partial charge is 0.489 e. The van der Waals surface area contributed by atoms with Gasteiger partial charge in [-0.1, -0.05) is 43.3 Å². The quantitative estimate of drug-likeness (QED) is 0.391. The highest BCUT2D eigenvalue weighted by atomic mass is 35.5. The molecule has 1 aromatic heterocycles. The van der Waals surface area contributed by atoms with Crippen LogP contribution in [0.5, 0.6) is 5.75 Å². The number of nitrogens with one attached hydrogen (secondary N) is 1. The van der Waals surface area contributed by atoms with Gasteiger partial charge in [-0.15, -0.1) is 0 Å². The van der Waals surface area contributed by atoms with E-state index in [9.17, 15) is 9.59 Å². The first-order chi connectivity index (χ1) is 19.0. The number of likely N-dealkylation sites (tertiary alicyclic amines) is 2. The van der Waals surface area contributed by atoms with E-state index in [1.165, 1.54) is 6.08 Å². The maximum atomic E-state index is 13.2. The predicted octanol–water partition coefficient (Wildman–Crippen LogP) is 5.54. The number of hydrogen-bond acceptors (Lipinski definition) is 5. The van der Waals surface area contributed by atoms with E-state index < -0.39 is 0 Å². The van der Waals surface area contributed by atoms with Crippen LogP contribution in [-0.2, 0) is 4.79 Å². The molecular weight excluding hydrogens is 514 g/mol. The van der Waals surface area contributed by atoms with E-state index in [1.54, 1.807) is 12.1 Å². The van der Waals surface area contributed by atoms with E-state index in [1.807, 2.05) is 39.8 Å². The minimum atomic E-state index is -0.255. The van der Waals surface area contributed by atoms with Crippen LogP contribution in [0, 0.1) is 0 Å². The molecule has 2 aliphatic rings. The number of halogens is 1. The molecule has 3 heterocycles. The lowest BCUT2D eigenvalue weighted by atomic mass is 10.1. The molecular formula is C30H36ClN5O3. The lowest BCUT2D eigenvalue weighted by Gasteiger charge is -2.31. The summed E-state index contributed by atoms with van der Waals surface area (Å²) in [6, 6.07) is 12.7. The minimum absolute atomic E-state index is 0.0926. The Bertz CT molecular complexity index is 1330. The van der Waals surface area contributed by atoms with Gasteiger partial charge in [-0.25, -0.2) is 4.98 Å². The van der Waals surface area contributed by atoms with Gasteiger partial charge in [0.2, 0.25) is 11.9 Å². The number of hydrogen-bond donors (Lipinski definition) is 1. The number of aromatic nitrogens is 2. The molecule has 0 aliphatic carbocycles. The summed E-state index contributed by atoms with van der Waals surface area (Å²) in [7, 11) is 0. The fourth-order valence-electron chi connectivity index (χ4n) is 5.61. The number of nitrogens with zero attached hydrogens (tertiary/aromatic N) is 4. The predicted molar refractivity (Wildman–Crippen MR) is 155 cm³/mol. The number of piperidine rings is 1. The molecule has 2 amide bonds. The zero-order valence-electron chi connectivity index (χ0n) is 22.4. The Kier molecular flexibility index (Phi) is 8.53. The first kappa shape index (κ1) is 27.2. The van der Waals surface area contributed by atoms with E-state index in [2.05, 4.69) is 23.7 Å². The van der Waals surface area contributed by atoms with Crippen LogP contribution in [0.3, 0.4) is 0 Å². The van der Waals surface area contributed by atoms with E-state index in [0.29, 0.717) is 46.4 Å². The molecule has 0 bridgehead atoms. The van der Waals surface area contributed by atoms with Gasteiger partial charge in [0, 0.05) is 31.7 Å². The van der Waals surface area contributed by atoms with Crippen molar-refractivity contribution in [3.8, 4) is 5.75 Å². The van der Waals surface area contributed by atoms with Crippen molar-refractivity contribution in [2.45, 2.75) is 51.2 Å². The van der Waals surface area contributed by atoms with Crippen LogP contribution in [0.15, 0.2) is 55.1 Å². The van der Waals surface area contributed by atoms with Gasteiger partial charge < -0.3 is 19.1 Å². The summed E-state index contributed by atoms with van der Waals surface area (Å²) in [4.78, 5) is 34.8. The average molecular weight is 550 g/mol. The number of anilines is 1. The molecule has 3 aromatic rings. The van der Waals surface area contributed by atoms with Crippen molar-refractivity contribution >= 4 is 40.4 Å². The van der Waals surface area contributed by atoms with Gasteiger partial charge in [-0.05, 0) is 69.0 Å². The fourth-order valence-corrected chi connectivity index (χ4v) is 5.90. The number of imidazole rings is 1. The molecule has 206 valence electrons. The van der Waals surface area contributed by atoms with Crippen LogP contribution in [0.1, 0.15) is 55.4 Å². The summed E-state index contributed by atoms with van der Waals surface area (Å²) in [6.45, 7) is 10.0. The molecule has 2 saturated heterocycles. The van der Waals surface area contributed by atoms with Crippen LogP contribution in [0.4, 0.5) is 5.95 Å². The number of carbonyl (C=O) groups excluding carboxylic acids is 2. The van der Waals surface area contributed by atoms with E-state index in [4.69, 9.17) is 21.3 Å². The second-order valence-corrected chi connectivity index (χ2v) is 10.6. The van der Waals surface area contributed by atoms with Gasteiger partial charge in [-0.3, -0.25) is 14.9 Å². The second-order valence-electron chi connectivity index (χ2n) is 10.3. The maximum absolute atomic E-state index is 13.2. The highest BCUT2D eigenvalue weighted by molar-refractivity contribution is 6.36. The molecule has 1 N–H and O–H groups in total. The van der Waals surface area contributed by atoms with E-state index >= 15 is 0 Å². The van der Waals surface area contributed by atoms with Crippen LogP contribution < -0.4 is 10.1 Å². The smallest absolute Gasteiger partial charge is 0.257 e. The summed E-state index contributed by atoms with van der Waals surface area (Å²) in [5, 5.41) is 3.49. The van der Waals surface area contributed by atoms with Crippen molar-refractivity contribution < 1.29 is 14.3 Å². The molecule has 5 rings (SSSR count). The summed E-state index contributed by atoms with van der Waals surface area (Å²) in [5.74, 6) is 0.672. The Morgan fingerprint density at radius 3 is 2.59 bits per heavy atom. The van der Waals surface area contributed by atoms with Crippen molar-refractivity contribution in [1.82, 2.24) is 19.4 Å². The van der Waals surface area contributed by atoms with Gasteiger partial charge in [0.05, 0.1) is 17.1 Å². The molecule has 39 heavy (non-hydrogen) atoms. The number of benzene rings is 2. The minimum Gasteiger partial charge on any atom is -0.489 e. The third-order valence-corrected chi connectivity index (χ3v) is 8.15. The van der Waals surface area contributed by atoms with Crippen molar-refractivity contribution in [1.29, 1.82) is 0 Å². The van der Waals surface area contributed by atoms with Crippen LogP contribution >= 0.6 is 11.6 Å². The van der Waals surface area contributed by atoms with Crippen molar-refractivity contribution in [3.63, 3.8) is 0 Å². The third kappa shape index (κ3) is 5.97. The topological polar surface area (TPSA) is 79.7 Å². The lowest BCUT2D eigenvalue weighted by Crippen LogP contribution is -2.38. The Balaban J connectivity index is 1.53. The number of rotatable bonds is 7. The zero-order valence-corrected chi connectivity index (χ0v) is 23.2. The standard InChI is InChI=1S/C30H36ClN5O3/c1-3-26(37)35-17-9-8-12-22(20-35)36-28-24(32-30(36)33-29(38)21-10-6-5-7-11-21)13-14-25(27(28)31)39-23-15-18-34(4-2)19-16-23/h3,5-7,10-11,13-14,22-23H,1,4,8-9,12,15-20H2,2H3,(H,32,33,38)/t22-/m1/s1. The van der Waals surface area contributed by atoms with Crippen LogP contribution in [0.25, 0.3) is 11.0 Å². The summed E-state index contributed by atoms with van der Waals surface area (Å²) < 4.78 is 8.43. The van der Waals surface area contributed by atoms with E-state index in [0.717, 1.165) is 51.7 Å².